The molecule has 0 amide bonds. The molecule has 5 heteroatoms. The second-order valence-corrected chi connectivity index (χ2v) is 5.20. The lowest BCUT2D eigenvalue weighted by atomic mass is 9.90. The minimum atomic E-state index is -0.695. The molecule has 1 N–H and O–H groups in total. The van der Waals surface area contributed by atoms with Crippen LogP contribution in [0.15, 0.2) is 12.4 Å². The lowest BCUT2D eigenvalue weighted by Gasteiger charge is -2.35. The molecular weight excluding hydrogens is 242 g/mol. The number of rotatable bonds is 5. The van der Waals surface area contributed by atoms with E-state index in [-0.39, 0.29) is 6.04 Å². The number of hydrogen-bond acceptors (Lipinski definition) is 3. The Morgan fingerprint density at radius 3 is 2.63 bits per heavy atom. The maximum absolute atomic E-state index is 11.2. The van der Waals surface area contributed by atoms with Crippen LogP contribution in [0.1, 0.15) is 44.6 Å². The van der Waals surface area contributed by atoms with Crippen LogP contribution in [-0.4, -0.2) is 44.9 Å². The molecule has 106 valence electrons. The van der Waals surface area contributed by atoms with Crippen LogP contribution < -0.4 is 0 Å². The molecule has 1 aromatic rings. The topological polar surface area (TPSA) is 58.4 Å². The number of aromatic nitrogens is 2. The molecule has 0 aromatic carbocycles. The lowest BCUT2D eigenvalue weighted by Crippen LogP contribution is -2.44. The van der Waals surface area contributed by atoms with E-state index in [4.69, 9.17) is 0 Å². The van der Waals surface area contributed by atoms with Crippen LogP contribution in [0.2, 0.25) is 0 Å². The summed E-state index contributed by atoms with van der Waals surface area (Å²) in [6, 6.07) is -0.320. The fourth-order valence-electron chi connectivity index (χ4n) is 2.90. The fraction of sp³-hybridized carbons (Fsp3) is 0.714. The van der Waals surface area contributed by atoms with E-state index in [2.05, 4.69) is 23.1 Å². The molecule has 19 heavy (non-hydrogen) atoms. The van der Waals surface area contributed by atoms with Gasteiger partial charge in [-0.15, -0.1) is 0 Å². The van der Waals surface area contributed by atoms with Crippen LogP contribution in [0.3, 0.4) is 0 Å². The highest BCUT2D eigenvalue weighted by molar-refractivity contribution is 5.73. The maximum atomic E-state index is 11.2. The minimum Gasteiger partial charge on any atom is -0.480 e. The van der Waals surface area contributed by atoms with E-state index < -0.39 is 5.97 Å². The van der Waals surface area contributed by atoms with Gasteiger partial charge in [0.05, 0.1) is 6.20 Å². The summed E-state index contributed by atoms with van der Waals surface area (Å²) in [4.78, 5) is 13.3. The summed E-state index contributed by atoms with van der Waals surface area (Å²) in [6.07, 6.45) is 6.80. The van der Waals surface area contributed by atoms with Crippen molar-refractivity contribution in [1.82, 2.24) is 14.7 Å². The van der Waals surface area contributed by atoms with Gasteiger partial charge in [-0.25, -0.2) is 0 Å². The molecule has 5 nitrogen and oxygen atoms in total. The number of nitrogens with zero attached hydrogens (tertiary/aromatic N) is 3. The van der Waals surface area contributed by atoms with Gasteiger partial charge < -0.3 is 5.11 Å². The van der Waals surface area contributed by atoms with E-state index in [0.29, 0.717) is 12.3 Å². The fourth-order valence-corrected chi connectivity index (χ4v) is 2.90. The Morgan fingerprint density at radius 1 is 1.47 bits per heavy atom. The van der Waals surface area contributed by atoms with Gasteiger partial charge in [0.25, 0.3) is 0 Å². The highest BCUT2D eigenvalue weighted by Crippen LogP contribution is 2.28. The molecule has 1 atom stereocenters. The van der Waals surface area contributed by atoms with Crippen molar-refractivity contribution in [1.29, 1.82) is 0 Å². The molecule has 0 saturated carbocycles. The smallest absolute Gasteiger partial charge is 0.320 e. The van der Waals surface area contributed by atoms with Gasteiger partial charge in [-0.1, -0.05) is 6.92 Å². The molecule has 2 heterocycles. The first kappa shape index (κ1) is 14.1. The SMILES string of the molecule is CC[C@@H](C(=O)O)N1CCC(c2cnn(CC)c2)CC1. The first-order valence-electron chi connectivity index (χ1n) is 7.14. The number of carbonyl (C=O) groups is 1. The van der Waals surface area contributed by atoms with Crippen molar-refractivity contribution >= 4 is 5.97 Å². The second-order valence-electron chi connectivity index (χ2n) is 5.20. The van der Waals surface area contributed by atoms with E-state index in [1.165, 1.54) is 5.56 Å². The van der Waals surface area contributed by atoms with Gasteiger partial charge in [-0.05, 0) is 50.8 Å². The monoisotopic (exact) mass is 265 g/mol. The molecule has 0 aliphatic carbocycles. The van der Waals surface area contributed by atoms with Crippen molar-refractivity contribution in [2.24, 2.45) is 0 Å². The predicted octanol–water partition coefficient (Wildman–Crippen LogP) is 1.95. The molecule has 0 radical (unpaired) electrons. The highest BCUT2D eigenvalue weighted by atomic mass is 16.4. The Hall–Kier alpha value is -1.36. The number of piperidine rings is 1. The lowest BCUT2D eigenvalue weighted by molar-refractivity contribution is -0.143. The molecular formula is C14H23N3O2. The molecule has 1 saturated heterocycles. The van der Waals surface area contributed by atoms with E-state index in [9.17, 15) is 9.90 Å². The molecule has 1 aromatic heterocycles. The highest BCUT2D eigenvalue weighted by Gasteiger charge is 2.29. The van der Waals surface area contributed by atoms with Gasteiger partial charge in [-0.2, -0.15) is 5.10 Å². The number of carboxylic acids is 1. The van der Waals surface area contributed by atoms with Crippen LogP contribution in [-0.2, 0) is 11.3 Å². The molecule has 1 aliphatic rings. The number of likely N-dealkylation sites (tertiary alicyclic amines) is 1. The van der Waals surface area contributed by atoms with Crippen LogP contribution in [0, 0.1) is 0 Å². The van der Waals surface area contributed by atoms with Gasteiger partial charge in [0, 0.05) is 12.7 Å². The van der Waals surface area contributed by atoms with Gasteiger partial charge in [0.1, 0.15) is 6.04 Å². The first-order chi connectivity index (χ1) is 9.15. The van der Waals surface area contributed by atoms with E-state index in [1.54, 1.807) is 0 Å². The minimum absolute atomic E-state index is 0.320. The summed E-state index contributed by atoms with van der Waals surface area (Å²) in [6.45, 7) is 6.66. The van der Waals surface area contributed by atoms with Crippen molar-refractivity contribution < 1.29 is 9.90 Å². The summed E-state index contributed by atoms with van der Waals surface area (Å²) in [5.74, 6) is -0.164. The summed E-state index contributed by atoms with van der Waals surface area (Å²) < 4.78 is 1.95. The summed E-state index contributed by atoms with van der Waals surface area (Å²) in [7, 11) is 0. The second kappa shape index (κ2) is 6.19. The first-order valence-corrected chi connectivity index (χ1v) is 7.14. The van der Waals surface area contributed by atoms with Crippen molar-refractivity contribution in [2.45, 2.75) is 51.6 Å². The molecule has 0 bridgehead atoms. The third-order valence-corrected chi connectivity index (χ3v) is 4.09. The Balaban J connectivity index is 1.93. The number of aryl methyl sites for hydroxylation is 1. The quantitative estimate of drug-likeness (QED) is 0.884. The number of carboxylic acid groups (broad SMARTS) is 1. The van der Waals surface area contributed by atoms with Crippen LogP contribution in [0.5, 0.6) is 0 Å². The Bertz CT molecular complexity index is 422. The van der Waals surface area contributed by atoms with Crippen molar-refractivity contribution in [3.05, 3.63) is 18.0 Å². The van der Waals surface area contributed by atoms with Crippen LogP contribution in [0.4, 0.5) is 0 Å². The summed E-state index contributed by atoms with van der Waals surface area (Å²) in [5, 5.41) is 13.5. The summed E-state index contributed by atoms with van der Waals surface area (Å²) in [5.41, 5.74) is 1.30. The Labute approximate surface area is 114 Å². The average molecular weight is 265 g/mol. The third-order valence-electron chi connectivity index (χ3n) is 4.09. The largest absolute Gasteiger partial charge is 0.480 e. The van der Waals surface area contributed by atoms with E-state index >= 15 is 0 Å². The zero-order chi connectivity index (χ0) is 13.8. The number of hydrogen-bond donors (Lipinski definition) is 1. The normalized spacial score (nSPS) is 19.5. The van der Waals surface area contributed by atoms with Crippen molar-refractivity contribution in [3.63, 3.8) is 0 Å². The zero-order valence-electron chi connectivity index (χ0n) is 11.7. The standard InChI is InChI=1S/C14H23N3O2/c1-3-13(14(18)19)16-7-5-11(6-8-16)12-9-15-17(4-2)10-12/h9-11,13H,3-8H2,1-2H3,(H,18,19)/t13-/m0/s1. The summed E-state index contributed by atoms with van der Waals surface area (Å²) >= 11 is 0. The maximum Gasteiger partial charge on any atom is 0.320 e. The van der Waals surface area contributed by atoms with Crippen molar-refractivity contribution in [3.8, 4) is 0 Å². The Morgan fingerprint density at radius 2 is 2.16 bits per heavy atom. The van der Waals surface area contributed by atoms with Crippen LogP contribution in [0.25, 0.3) is 0 Å². The van der Waals surface area contributed by atoms with Gasteiger partial charge >= 0.3 is 5.97 Å². The van der Waals surface area contributed by atoms with Crippen molar-refractivity contribution in [2.75, 3.05) is 13.1 Å². The van der Waals surface area contributed by atoms with E-state index in [0.717, 1.165) is 32.5 Å². The van der Waals surface area contributed by atoms with Gasteiger partial charge in [0.15, 0.2) is 0 Å². The van der Waals surface area contributed by atoms with Crippen LogP contribution >= 0.6 is 0 Å². The van der Waals surface area contributed by atoms with Gasteiger partial charge in [0.2, 0.25) is 0 Å². The molecule has 0 spiro atoms. The zero-order valence-corrected chi connectivity index (χ0v) is 11.7. The molecule has 1 fully saturated rings. The third kappa shape index (κ3) is 3.15. The molecule has 1 aliphatic heterocycles. The van der Waals surface area contributed by atoms with E-state index in [1.807, 2.05) is 17.8 Å². The Kier molecular flexibility index (Phi) is 4.58. The average Bonchev–Trinajstić information content (AvgIpc) is 2.89. The predicted molar refractivity (Wildman–Crippen MR) is 73.2 cm³/mol. The number of aliphatic carboxylic acids is 1. The molecule has 0 unspecified atom stereocenters. The molecule has 2 rings (SSSR count). The van der Waals surface area contributed by atoms with Gasteiger partial charge in [-0.3, -0.25) is 14.4 Å².